The number of ketones is 1. The molecule has 23 heavy (non-hydrogen) atoms. The van der Waals surface area contributed by atoms with Gasteiger partial charge in [-0.1, -0.05) is 6.92 Å². The van der Waals surface area contributed by atoms with Gasteiger partial charge in [-0.25, -0.2) is 0 Å². The highest BCUT2D eigenvalue weighted by Gasteiger charge is 2.32. The lowest BCUT2D eigenvalue weighted by Gasteiger charge is -2.31. The van der Waals surface area contributed by atoms with E-state index in [4.69, 9.17) is 14.6 Å². The largest absolute Gasteiger partial charge is 0.483 e. The Labute approximate surface area is 136 Å². The number of aryl methyl sites for hydroxylation is 2. The van der Waals surface area contributed by atoms with Crippen molar-refractivity contribution in [3.8, 4) is 0 Å². The molecule has 1 fully saturated rings. The van der Waals surface area contributed by atoms with Crippen LogP contribution in [0.3, 0.4) is 0 Å². The van der Waals surface area contributed by atoms with Gasteiger partial charge in [0.05, 0.1) is 13.2 Å². The fourth-order valence-electron chi connectivity index (χ4n) is 3.58. The van der Waals surface area contributed by atoms with Gasteiger partial charge in [-0.2, -0.15) is 0 Å². The van der Waals surface area contributed by atoms with Gasteiger partial charge in [0.25, 0.3) is 6.47 Å². The molecule has 128 valence electrons. The first-order valence-corrected chi connectivity index (χ1v) is 8.24. The van der Waals surface area contributed by atoms with E-state index in [0.29, 0.717) is 5.78 Å². The normalized spacial score (nSPS) is 21.3. The van der Waals surface area contributed by atoms with Gasteiger partial charge < -0.3 is 14.8 Å². The first-order chi connectivity index (χ1) is 11.1. The lowest BCUT2D eigenvalue weighted by Crippen LogP contribution is -2.42. The zero-order chi connectivity index (χ0) is 16.8. The molecule has 2 N–H and O–H groups in total. The predicted molar refractivity (Wildman–Crippen MR) is 87.0 cm³/mol. The third-order valence-electron chi connectivity index (χ3n) is 4.69. The van der Waals surface area contributed by atoms with E-state index in [-0.39, 0.29) is 12.4 Å². The summed E-state index contributed by atoms with van der Waals surface area (Å²) in [5, 5.41) is 6.89. The molecule has 1 aromatic rings. The van der Waals surface area contributed by atoms with E-state index in [2.05, 4.69) is 23.7 Å². The Bertz CT molecular complexity index is 547. The maximum Gasteiger partial charge on any atom is 0.290 e. The van der Waals surface area contributed by atoms with Crippen LogP contribution in [0.5, 0.6) is 0 Å². The lowest BCUT2D eigenvalue weighted by atomic mass is 9.83. The molecule has 1 aliphatic heterocycles. The Morgan fingerprint density at radius 3 is 2.65 bits per heavy atom. The molecule has 0 radical (unpaired) electrons. The molecule has 0 aromatic carbocycles. The van der Waals surface area contributed by atoms with Crippen LogP contribution in [0.1, 0.15) is 40.7 Å². The smallest absolute Gasteiger partial charge is 0.290 e. The number of aromatic amines is 1. The van der Waals surface area contributed by atoms with E-state index >= 15 is 0 Å². The number of carbonyl (C=O) groups is 2. The number of nitrogens with one attached hydrogen (secondary N) is 1. The van der Waals surface area contributed by atoms with E-state index < -0.39 is 0 Å². The molecule has 0 amide bonds. The fraction of sp³-hybridized carbons (Fsp3) is 0.647. The minimum absolute atomic E-state index is 0.168. The highest BCUT2D eigenvalue weighted by molar-refractivity contribution is 6.01. The van der Waals surface area contributed by atoms with Crippen LogP contribution >= 0.6 is 0 Å². The number of rotatable bonds is 3. The quantitative estimate of drug-likeness (QED) is 0.827. The maximum absolute atomic E-state index is 12.8. The minimum Gasteiger partial charge on any atom is -0.483 e. The van der Waals surface area contributed by atoms with Crippen LogP contribution in [0.4, 0.5) is 0 Å². The molecule has 0 saturated carbocycles. The molecule has 1 unspecified atom stereocenters. The summed E-state index contributed by atoms with van der Waals surface area (Å²) in [6, 6.07) is 0. The average Bonchev–Trinajstić information content (AvgIpc) is 2.88. The molecule has 1 aliphatic carbocycles. The Morgan fingerprint density at radius 2 is 2.04 bits per heavy atom. The van der Waals surface area contributed by atoms with Crippen LogP contribution < -0.4 is 0 Å². The molecule has 1 saturated heterocycles. The summed E-state index contributed by atoms with van der Waals surface area (Å²) in [4.78, 5) is 27.0. The number of aromatic nitrogens is 1. The van der Waals surface area contributed by atoms with Crippen LogP contribution in [0.25, 0.3) is 0 Å². The monoisotopic (exact) mass is 322 g/mol. The van der Waals surface area contributed by atoms with Crippen molar-refractivity contribution in [2.24, 2.45) is 5.92 Å². The molecular formula is C17H26N2O4. The van der Waals surface area contributed by atoms with Gasteiger partial charge in [-0.3, -0.25) is 14.5 Å². The van der Waals surface area contributed by atoms with E-state index in [1.54, 1.807) is 0 Å². The van der Waals surface area contributed by atoms with Crippen molar-refractivity contribution in [3.63, 3.8) is 0 Å². The zero-order valence-corrected chi connectivity index (χ0v) is 13.9. The number of hydrogen-bond donors (Lipinski definition) is 2. The van der Waals surface area contributed by atoms with Crippen molar-refractivity contribution in [2.45, 2.75) is 33.1 Å². The molecule has 0 spiro atoms. The highest BCUT2D eigenvalue weighted by atomic mass is 16.5. The number of nitrogens with zero attached hydrogens (tertiary/aromatic N) is 1. The number of H-pyrrole nitrogens is 1. The number of ether oxygens (including phenoxy) is 1. The molecule has 6 nitrogen and oxygen atoms in total. The molecule has 3 rings (SSSR count). The zero-order valence-electron chi connectivity index (χ0n) is 13.9. The number of carboxylic acid groups (broad SMARTS) is 1. The van der Waals surface area contributed by atoms with Gasteiger partial charge in [-0.15, -0.1) is 0 Å². The second-order valence-electron chi connectivity index (χ2n) is 6.05. The fourth-order valence-corrected chi connectivity index (χ4v) is 3.58. The van der Waals surface area contributed by atoms with Gasteiger partial charge in [0.15, 0.2) is 5.78 Å². The lowest BCUT2D eigenvalue weighted by molar-refractivity contribution is -0.122. The van der Waals surface area contributed by atoms with Gasteiger partial charge in [-0.05, 0) is 31.7 Å². The van der Waals surface area contributed by atoms with Gasteiger partial charge in [0, 0.05) is 42.5 Å². The summed E-state index contributed by atoms with van der Waals surface area (Å²) in [5.74, 6) is 0.528. The number of carbonyl (C=O) groups excluding carboxylic acids is 1. The van der Waals surface area contributed by atoms with Crippen molar-refractivity contribution >= 4 is 12.3 Å². The Kier molecular flexibility index (Phi) is 6.36. The first-order valence-electron chi connectivity index (χ1n) is 8.24. The summed E-state index contributed by atoms with van der Waals surface area (Å²) in [7, 11) is 0. The Morgan fingerprint density at radius 1 is 1.39 bits per heavy atom. The third kappa shape index (κ3) is 4.00. The number of morpholine rings is 1. The minimum atomic E-state index is -0.250. The first kappa shape index (κ1) is 17.7. The molecule has 6 heteroatoms. The van der Waals surface area contributed by atoms with Crippen molar-refractivity contribution in [1.29, 1.82) is 0 Å². The summed E-state index contributed by atoms with van der Waals surface area (Å²) in [6.07, 6.45) is 2.93. The van der Waals surface area contributed by atoms with Crippen LogP contribution in [0, 0.1) is 12.8 Å². The van der Waals surface area contributed by atoms with Gasteiger partial charge in [0.2, 0.25) is 0 Å². The SMILES string of the molecule is CCc1c(C)[nH]c2c1C(=O)C(CN1CCOCC1)CC2.O=CO. The standard InChI is InChI=1S/C16H24N2O2.CH2O2/c1-3-13-11(2)17-14-5-4-12(16(19)15(13)14)10-18-6-8-20-9-7-18;2-1-3/h12,17H,3-10H2,1-2H3;1H,(H,2,3). The molecular weight excluding hydrogens is 296 g/mol. The van der Waals surface area contributed by atoms with Gasteiger partial charge in [0.1, 0.15) is 0 Å². The number of fused-ring (bicyclic) bond motifs is 1. The molecule has 1 aromatic heterocycles. The van der Waals surface area contributed by atoms with Crippen molar-refractivity contribution in [2.75, 3.05) is 32.8 Å². The van der Waals surface area contributed by atoms with Gasteiger partial charge >= 0.3 is 0 Å². The maximum atomic E-state index is 12.8. The van der Waals surface area contributed by atoms with E-state index in [9.17, 15) is 4.79 Å². The molecule has 2 aliphatic rings. The summed E-state index contributed by atoms with van der Waals surface area (Å²) in [5.41, 5.74) is 4.59. The van der Waals surface area contributed by atoms with E-state index in [1.165, 1.54) is 17.0 Å². The highest BCUT2D eigenvalue weighted by Crippen LogP contribution is 2.30. The van der Waals surface area contributed by atoms with E-state index in [0.717, 1.165) is 57.7 Å². The number of Topliss-reactive ketones (excluding diaryl/α,β-unsaturated/α-hetero) is 1. The second kappa shape index (κ2) is 8.26. The Hall–Kier alpha value is -1.66. The Balaban J connectivity index is 0.000000595. The van der Waals surface area contributed by atoms with Crippen LogP contribution in [-0.4, -0.2) is 60.1 Å². The molecule has 0 bridgehead atoms. The third-order valence-corrected chi connectivity index (χ3v) is 4.69. The second-order valence-corrected chi connectivity index (χ2v) is 6.05. The molecule has 1 atom stereocenters. The topological polar surface area (TPSA) is 82.6 Å². The van der Waals surface area contributed by atoms with Crippen molar-refractivity contribution in [1.82, 2.24) is 9.88 Å². The van der Waals surface area contributed by atoms with Crippen molar-refractivity contribution in [3.05, 3.63) is 22.5 Å². The predicted octanol–water partition coefficient (Wildman–Crippen LogP) is 1.66. The summed E-state index contributed by atoms with van der Waals surface area (Å²) < 4.78 is 5.38. The van der Waals surface area contributed by atoms with E-state index in [1.807, 2.05) is 0 Å². The average molecular weight is 322 g/mol. The molecule has 2 heterocycles. The van der Waals surface area contributed by atoms with Crippen LogP contribution in [0.2, 0.25) is 0 Å². The summed E-state index contributed by atoms with van der Waals surface area (Å²) >= 11 is 0. The van der Waals surface area contributed by atoms with Crippen molar-refractivity contribution < 1.29 is 19.4 Å². The summed E-state index contributed by atoms with van der Waals surface area (Å²) in [6.45, 7) is 8.39. The van der Waals surface area contributed by atoms with Crippen LogP contribution in [0.15, 0.2) is 0 Å². The number of hydrogen-bond acceptors (Lipinski definition) is 4. The van der Waals surface area contributed by atoms with Crippen LogP contribution in [-0.2, 0) is 22.4 Å².